The Morgan fingerprint density at radius 3 is 2.32 bits per heavy atom. The Morgan fingerprint density at radius 1 is 1.32 bits per heavy atom. The van der Waals surface area contributed by atoms with Crippen molar-refractivity contribution in [2.75, 3.05) is 6.54 Å². The number of nitrogens with zero attached hydrogens (tertiary/aromatic N) is 1. The van der Waals surface area contributed by atoms with Crippen LogP contribution in [0, 0.1) is 0 Å². The van der Waals surface area contributed by atoms with Crippen LogP contribution in [0.1, 0.15) is 33.6 Å². The zero-order valence-electron chi connectivity index (χ0n) is 13.7. The smallest absolute Gasteiger partial charge is 0.766 e. The van der Waals surface area contributed by atoms with Gasteiger partial charge in [-0.25, -0.2) is 5.09 Å². The molecular weight excluding hydrogens is 365 g/mol. The first-order chi connectivity index (χ1) is 9.14. The van der Waals surface area contributed by atoms with Gasteiger partial charge in [-0.1, -0.05) is 0 Å². The van der Waals surface area contributed by atoms with Gasteiger partial charge in [0, 0.05) is 6.54 Å². The molecule has 1 saturated heterocycles. The molecule has 8 nitrogen and oxygen atoms in total. The number of nitrogens with one attached hydrogen (secondary N) is 1. The van der Waals surface area contributed by atoms with E-state index in [9.17, 15) is 24.2 Å². The Balaban J connectivity index is 0. The van der Waals surface area contributed by atoms with Crippen LogP contribution in [0.5, 0.6) is 0 Å². The van der Waals surface area contributed by atoms with Crippen LogP contribution >= 0.6 is 7.75 Å². The monoisotopic (exact) mass is 384 g/mol. The van der Waals surface area contributed by atoms with E-state index in [0.29, 0.717) is 12.8 Å². The van der Waals surface area contributed by atoms with Crippen LogP contribution < -0.4 is 118 Å². The molecule has 0 bridgehead atoms. The predicted octanol–water partition coefficient (Wildman–Crippen LogP) is -7.39. The summed E-state index contributed by atoms with van der Waals surface area (Å²) in [7, 11) is -4.35. The average molecular weight is 384 g/mol. The molecule has 1 amide bonds. The van der Waals surface area contributed by atoms with Gasteiger partial charge in [0.15, 0.2) is 0 Å². The van der Waals surface area contributed by atoms with Gasteiger partial charge in [-0.05, 0) is 33.6 Å². The number of aliphatic carboxylic acids is 1. The van der Waals surface area contributed by atoms with Gasteiger partial charge in [0.25, 0.3) is 0 Å². The van der Waals surface area contributed by atoms with Crippen molar-refractivity contribution in [2.45, 2.75) is 51.8 Å². The minimum absolute atomic E-state index is 0. The fourth-order valence-corrected chi connectivity index (χ4v) is 3.33. The van der Waals surface area contributed by atoms with E-state index in [1.54, 1.807) is 13.8 Å². The van der Waals surface area contributed by atoms with Gasteiger partial charge in [0.1, 0.15) is 0 Å². The van der Waals surface area contributed by atoms with Crippen molar-refractivity contribution in [2.24, 2.45) is 0 Å². The number of rotatable bonds is 6. The minimum atomic E-state index is -4.35. The molecule has 1 aliphatic rings. The number of carbonyl (C=O) groups excluding carboxylic acids is 2. The molecule has 0 saturated carbocycles. The van der Waals surface area contributed by atoms with Crippen molar-refractivity contribution in [1.29, 1.82) is 0 Å². The number of carboxylic acid groups (broad SMARTS) is 1. The normalized spacial score (nSPS) is 21.5. The second-order valence-electron chi connectivity index (χ2n) is 5.01. The third-order valence-corrected chi connectivity index (χ3v) is 4.28. The van der Waals surface area contributed by atoms with E-state index in [0.717, 1.165) is 4.90 Å². The molecule has 0 aliphatic carbocycles. The first-order valence-corrected chi connectivity index (χ1v) is 7.97. The summed E-state index contributed by atoms with van der Waals surface area (Å²) in [6, 6.07) is -2.08. The second-order valence-corrected chi connectivity index (χ2v) is 6.48. The van der Waals surface area contributed by atoms with Crippen LogP contribution in [0.3, 0.4) is 0 Å². The van der Waals surface area contributed by atoms with Crippen molar-refractivity contribution in [3.63, 3.8) is 0 Å². The molecule has 0 radical (unpaired) electrons. The summed E-state index contributed by atoms with van der Waals surface area (Å²) in [5.41, 5.74) is 0. The number of carbonyl (C=O) groups is 2. The molecule has 3 atom stereocenters. The largest absolute Gasteiger partial charge is 1.00 e. The molecule has 1 aliphatic heterocycles. The zero-order chi connectivity index (χ0) is 15.5. The molecule has 1 rings (SSSR count). The average Bonchev–Trinajstić information content (AvgIpc) is 2.73. The van der Waals surface area contributed by atoms with E-state index in [-0.39, 0.29) is 109 Å². The standard InChI is InChI=1S/C11H21N2O6P.2K/c1-7(2)19-20(17,18)12-8(3)10(14)13-6-4-5-9(13)11(15)16;;/h7-9H,4-6H2,1-3H3,(H,15,16)(H2,12,17,18);;/q;2*+1/p-2/t8-,9-;;/m0../s1. The van der Waals surface area contributed by atoms with Crippen LogP contribution in [-0.4, -0.2) is 41.5 Å². The van der Waals surface area contributed by atoms with E-state index in [4.69, 9.17) is 0 Å². The van der Waals surface area contributed by atoms with Crippen molar-refractivity contribution in [3.05, 3.63) is 0 Å². The van der Waals surface area contributed by atoms with E-state index in [2.05, 4.69) is 9.61 Å². The van der Waals surface area contributed by atoms with Gasteiger partial charge < -0.3 is 24.2 Å². The van der Waals surface area contributed by atoms with E-state index in [1.165, 1.54) is 6.92 Å². The molecule has 1 N–H and O–H groups in total. The Bertz CT molecular complexity index is 437. The zero-order valence-corrected chi connectivity index (χ0v) is 20.8. The van der Waals surface area contributed by atoms with Gasteiger partial charge in [-0.15, -0.1) is 0 Å². The predicted molar refractivity (Wildman–Crippen MR) is 66.2 cm³/mol. The van der Waals surface area contributed by atoms with Crippen LogP contribution in [-0.2, 0) is 18.7 Å². The molecule has 0 aromatic heterocycles. The van der Waals surface area contributed by atoms with Crippen LogP contribution in [0.2, 0.25) is 0 Å². The molecular formula is C11H19K2N2O6P. The number of amides is 1. The van der Waals surface area contributed by atoms with Gasteiger partial charge in [-0.3, -0.25) is 9.36 Å². The summed E-state index contributed by atoms with van der Waals surface area (Å²) in [5, 5.41) is 13.0. The van der Waals surface area contributed by atoms with Crippen LogP contribution in [0.25, 0.3) is 0 Å². The summed E-state index contributed by atoms with van der Waals surface area (Å²) in [4.78, 5) is 35.7. The second kappa shape index (κ2) is 11.8. The third kappa shape index (κ3) is 8.62. The maximum absolute atomic E-state index is 12.1. The first kappa shape index (κ1) is 26.6. The topological polar surface area (TPSA) is 122 Å². The molecule has 1 unspecified atom stereocenters. The summed E-state index contributed by atoms with van der Waals surface area (Å²) in [6.45, 7) is 4.72. The molecule has 0 aromatic rings. The Kier molecular flexibility index (Phi) is 14.3. The van der Waals surface area contributed by atoms with Gasteiger partial charge in [-0.2, -0.15) is 0 Å². The van der Waals surface area contributed by atoms with Crippen LogP contribution in [0.15, 0.2) is 0 Å². The van der Waals surface area contributed by atoms with Gasteiger partial charge in [0.05, 0.1) is 24.2 Å². The summed E-state index contributed by atoms with van der Waals surface area (Å²) >= 11 is 0. The molecule has 0 spiro atoms. The Hall–Kier alpha value is 2.32. The molecule has 0 aromatic carbocycles. The summed E-state index contributed by atoms with van der Waals surface area (Å²) in [5.74, 6) is -1.92. The summed E-state index contributed by atoms with van der Waals surface area (Å²) in [6.07, 6.45) is 0.323. The number of hydrogen-bond donors (Lipinski definition) is 1. The van der Waals surface area contributed by atoms with Crippen molar-refractivity contribution < 1.29 is 131 Å². The molecule has 11 heteroatoms. The summed E-state index contributed by atoms with van der Waals surface area (Å²) < 4.78 is 16.3. The van der Waals surface area contributed by atoms with Crippen molar-refractivity contribution >= 4 is 19.6 Å². The molecule has 1 heterocycles. The quantitative estimate of drug-likeness (QED) is 0.357. The Labute approximate surface area is 215 Å². The number of carboxylic acids is 1. The SMILES string of the molecule is CC(C)OP(=O)([O-])N[C@@H](C)C(=O)N1CCC[C@H]1C(=O)[O-].[K+].[K+]. The van der Waals surface area contributed by atoms with Crippen LogP contribution in [0.4, 0.5) is 0 Å². The third-order valence-electron chi connectivity index (χ3n) is 2.88. The maximum atomic E-state index is 12.1. The molecule has 116 valence electrons. The van der Waals surface area contributed by atoms with Gasteiger partial charge in [0.2, 0.25) is 13.7 Å². The molecule has 1 fully saturated rings. The fraction of sp³-hybridized carbons (Fsp3) is 0.818. The number of hydrogen-bond acceptors (Lipinski definition) is 6. The maximum Gasteiger partial charge on any atom is 1.00 e. The fourth-order valence-electron chi connectivity index (χ4n) is 2.12. The first-order valence-electron chi connectivity index (χ1n) is 6.42. The minimum Gasteiger partial charge on any atom is -0.766 e. The number of likely N-dealkylation sites (tertiary alicyclic amines) is 1. The van der Waals surface area contributed by atoms with Crippen molar-refractivity contribution in [3.8, 4) is 0 Å². The molecule has 22 heavy (non-hydrogen) atoms. The Morgan fingerprint density at radius 2 is 1.86 bits per heavy atom. The van der Waals surface area contributed by atoms with Crippen molar-refractivity contribution in [1.82, 2.24) is 9.99 Å². The van der Waals surface area contributed by atoms with E-state index in [1.807, 2.05) is 0 Å². The van der Waals surface area contributed by atoms with Gasteiger partial charge >= 0.3 is 103 Å². The van der Waals surface area contributed by atoms with E-state index < -0.39 is 37.8 Å². The van der Waals surface area contributed by atoms with E-state index >= 15 is 0 Å².